The van der Waals surface area contributed by atoms with Crippen LogP contribution in [0.3, 0.4) is 0 Å². The van der Waals surface area contributed by atoms with E-state index in [1.165, 1.54) is 151 Å². The topological polar surface area (TPSA) is 43.0 Å². The monoisotopic (exact) mass is 550 g/mol. The molecule has 2 aliphatic rings. The molecule has 1 heterocycles. The van der Waals surface area contributed by atoms with Gasteiger partial charge < -0.3 is 15.6 Å². The van der Waals surface area contributed by atoms with Crippen LogP contribution in [0.5, 0.6) is 0 Å². The standard InChI is InChI=1S/C37H63N3/c1-37(38)27-17-11-7-3-4-9-13-20-32(29-37)31-19-12-8-5-6-10-14-22-34(23-18-21-31)39-28-26-33-30-40(2)36-25-16-15-24-35(33)36/h15-16,24-25,30-32,34,39H,3-14,17-23,26-29,38H2,1-2H3. The summed E-state index contributed by atoms with van der Waals surface area (Å²) in [6, 6.07) is 9.54. The average molecular weight is 550 g/mol. The highest BCUT2D eigenvalue weighted by atomic mass is 14.9. The van der Waals surface area contributed by atoms with Crippen molar-refractivity contribution in [1.29, 1.82) is 0 Å². The Morgan fingerprint density at radius 3 is 2.08 bits per heavy atom. The number of nitrogens with two attached hydrogens (primary N) is 1. The molecule has 0 bridgehead atoms. The summed E-state index contributed by atoms with van der Waals surface area (Å²) in [6.07, 6.45) is 32.7. The number of rotatable bonds is 5. The maximum atomic E-state index is 7.00. The van der Waals surface area contributed by atoms with Crippen molar-refractivity contribution < 1.29 is 0 Å². The fourth-order valence-electron chi connectivity index (χ4n) is 8.16. The fourth-order valence-corrected chi connectivity index (χ4v) is 8.16. The number of aromatic nitrogens is 1. The molecule has 0 saturated heterocycles. The van der Waals surface area contributed by atoms with Crippen molar-refractivity contribution in [2.45, 2.75) is 160 Å². The number of hydrogen-bond donors (Lipinski definition) is 2. The largest absolute Gasteiger partial charge is 0.350 e. The van der Waals surface area contributed by atoms with Gasteiger partial charge in [-0.3, -0.25) is 0 Å². The Kier molecular flexibility index (Phi) is 13.4. The number of aryl methyl sites for hydroxylation is 1. The Labute approximate surface area is 247 Å². The minimum absolute atomic E-state index is 0.0245. The number of hydrogen-bond acceptors (Lipinski definition) is 2. The van der Waals surface area contributed by atoms with E-state index in [0.29, 0.717) is 6.04 Å². The van der Waals surface area contributed by atoms with Crippen molar-refractivity contribution in [3.8, 4) is 0 Å². The summed E-state index contributed by atoms with van der Waals surface area (Å²) in [5, 5.41) is 5.46. The molecule has 2 aromatic rings. The smallest absolute Gasteiger partial charge is 0.0480 e. The maximum absolute atomic E-state index is 7.00. The zero-order valence-corrected chi connectivity index (χ0v) is 26.4. The van der Waals surface area contributed by atoms with Gasteiger partial charge in [-0.05, 0) is 69.0 Å². The van der Waals surface area contributed by atoms with Gasteiger partial charge in [-0.1, -0.05) is 127 Å². The Bertz CT molecular complexity index is 959. The second-order valence-electron chi connectivity index (χ2n) is 14.2. The number of benzene rings is 1. The molecule has 0 spiro atoms. The average Bonchev–Trinajstić information content (AvgIpc) is 3.26. The first-order chi connectivity index (χ1) is 19.5. The maximum Gasteiger partial charge on any atom is 0.0480 e. The molecule has 1 aromatic heterocycles. The minimum Gasteiger partial charge on any atom is -0.350 e. The molecule has 2 aliphatic carbocycles. The lowest BCUT2D eigenvalue weighted by Gasteiger charge is -2.35. The van der Waals surface area contributed by atoms with E-state index in [9.17, 15) is 0 Å². The van der Waals surface area contributed by atoms with Crippen molar-refractivity contribution in [3.63, 3.8) is 0 Å². The van der Waals surface area contributed by atoms with Gasteiger partial charge in [0.1, 0.15) is 0 Å². The molecule has 3 nitrogen and oxygen atoms in total. The fraction of sp³-hybridized carbons (Fsp3) is 0.784. The van der Waals surface area contributed by atoms with E-state index >= 15 is 0 Å². The van der Waals surface area contributed by atoms with E-state index in [1.54, 1.807) is 0 Å². The molecule has 0 aliphatic heterocycles. The van der Waals surface area contributed by atoms with Gasteiger partial charge in [0.15, 0.2) is 0 Å². The molecule has 0 radical (unpaired) electrons. The summed E-state index contributed by atoms with van der Waals surface area (Å²) in [5.41, 5.74) is 9.86. The minimum atomic E-state index is 0.0245. The van der Waals surface area contributed by atoms with Crippen LogP contribution in [-0.2, 0) is 13.5 Å². The summed E-state index contributed by atoms with van der Waals surface area (Å²) in [7, 11) is 2.18. The first-order valence-corrected chi connectivity index (χ1v) is 17.6. The van der Waals surface area contributed by atoms with Crippen LogP contribution < -0.4 is 11.1 Å². The molecule has 2 saturated carbocycles. The van der Waals surface area contributed by atoms with Crippen LogP contribution in [0.2, 0.25) is 0 Å². The molecule has 40 heavy (non-hydrogen) atoms. The zero-order valence-electron chi connectivity index (χ0n) is 26.4. The number of para-hydroxylation sites is 1. The molecule has 1 aromatic carbocycles. The van der Waals surface area contributed by atoms with Gasteiger partial charge in [-0.25, -0.2) is 0 Å². The molecule has 226 valence electrons. The molecular weight excluding hydrogens is 486 g/mol. The summed E-state index contributed by atoms with van der Waals surface area (Å²) in [6.45, 7) is 3.47. The lowest BCUT2D eigenvalue weighted by Crippen LogP contribution is -2.40. The second-order valence-corrected chi connectivity index (χ2v) is 14.2. The number of nitrogens with one attached hydrogen (secondary N) is 1. The molecule has 0 amide bonds. The molecule has 3 N–H and O–H groups in total. The lowest BCUT2D eigenvalue weighted by atomic mass is 9.73. The van der Waals surface area contributed by atoms with E-state index < -0.39 is 0 Å². The SMILES string of the molecule is Cn1cc(CCNC2CCCCCCCCC(C3CCCCCCCCCC(C)(N)C3)CCC2)c2ccccc21. The third-order valence-corrected chi connectivity index (χ3v) is 10.5. The third kappa shape index (κ3) is 10.5. The van der Waals surface area contributed by atoms with Crippen LogP contribution in [-0.4, -0.2) is 22.7 Å². The van der Waals surface area contributed by atoms with E-state index in [-0.39, 0.29) is 5.54 Å². The summed E-state index contributed by atoms with van der Waals surface area (Å²) in [4.78, 5) is 0. The van der Waals surface area contributed by atoms with Crippen molar-refractivity contribution in [1.82, 2.24) is 9.88 Å². The molecule has 3 heteroatoms. The summed E-state index contributed by atoms with van der Waals surface area (Å²) < 4.78 is 2.29. The van der Waals surface area contributed by atoms with Gasteiger partial charge >= 0.3 is 0 Å². The van der Waals surface area contributed by atoms with Gasteiger partial charge in [-0.2, -0.15) is 0 Å². The highest BCUT2D eigenvalue weighted by Crippen LogP contribution is 2.36. The Balaban J connectivity index is 1.35. The van der Waals surface area contributed by atoms with Gasteiger partial charge in [0.25, 0.3) is 0 Å². The van der Waals surface area contributed by atoms with E-state index in [0.717, 1.165) is 24.8 Å². The Hall–Kier alpha value is -1.32. The molecule has 4 unspecified atom stereocenters. The first-order valence-electron chi connectivity index (χ1n) is 17.6. The quantitative estimate of drug-likeness (QED) is 0.390. The summed E-state index contributed by atoms with van der Waals surface area (Å²) >= 11 is 0. The Morgan fingerprint density at radius 1 is 0.750 bits per heavy atom. The van der Waals surface area contributed by atoms with Crippen molar-refractivity contribution in [2.24, 2.45) is 24.6 Å². The molecule has 4 atom stereocenters. The molecule has 4 rings (SSSR count). The van der Waals surface area contributed by atoms with Crippen LogP contribution in [0, 0.1) is 11.8 Å². The highest BCUT2D eigenvalue weighted by molar-refractivity contribution is 5.83. The van der Waals surface area contributed by atoms with Gasteiger partial charge in [-0.15, -0.1) is 0 Å². The van der Waals surface area contributed by atoms with E-state index in [2.05, 4.69) is 54.3 Å². The highest BCUT2D eigenvalue weighted by Gasteiger charge is 2.29. The van der Waals surface area contributed by atoms with Crippen LogP contribution in [0.4, 0.5) is 0 Å². The molecule has 2 fully saturated rings. The zero-order chi connectivity index (χ0) is 28.0. The van der Waals surface area contributed by atoms with E-state index in [1.807, 2.05) is 0 Å². The van der Waals surface area contributed by atoms with Crippen LogP contribution >= 0.6 is 0 Å². The van der Waals surface area contributed by atoms with Crippen molar-refractivity contribution in [3.05, 3.63) is 36.0 Å². The van der Waals surface area contributed by atoms with Crippen LogP contribution in [0.1, 0.15) is 147 Å². The van der Waals surface area contributed by atoms with Crippen molar-refractivity contribution in [2.75, 3.05) is 6.54 Å². The number of nitrogens with zero attached hydrogens (tertiary/aromatic N) is 1. The molecular formula is C37H63N3. The second kappa shape index (κ2) is 17.0. The van der Waals surface area contributed by atoms with E-state index in [4.69, 9.17) is 5.73 Å². The van der Waals surface area contributed by atoms with Crippen LogP contribution in [0.15, 0.2) is 30.5 Å². The number of fused-ring (bicyclic) bond motifs is 1. The Morgan fingerprint density at radius 2 is 1.32 bits per heavy atom. The predicted molar refractivity (Wildman–Crippen MR) is 175 cm³/mol. The normalized spacial score (nSPS) is 29.4. The van der Waals surface area contributed by atoms with Crippen LogP contribution in [0.25, 0.3) is 10.9 Å². The third-order valence-electron chi connectivity index (χ3n) is 10.5. The van der Waals surface area contributed by atoms with Gasteiger partial charge in [0.05, 0.1) is 0 Å². The predicted octanol–water partition coefficient (Wildman–Crippen LogP) is 9.85. The van der Waals surface area contributed by atoms with Gasteiger partial charge in [0.2, 0.25) is 0 Å². The van der Waals surface area contributed by atoms with Gasteiger partial charge in [0, 0.05) is 35.7 Å². The first kappa shape index (κ1) is 31.6. The summed E-state index contributed by atoms with van der Waals surface area (Å²) in [5.74, 6) is 1.71. The van der Waals surface area contributed by atoms with Crippen molar-refractivity contribution >= 4 is 10.9 Å². The lowest BCUT2D eigenvalue weighted by molar-refractivity contribution is 0.193.